The fraction of sp³-hybridized carbons (Fsp3) is 0.360. The third-order valence-electron chi connectivity index (χ3n) is 5.81. The summed E-state index contributed by atoms with van der Waals surface area (Å²) in [5, 5.41) is 11.6. The van der Waals surface area contributed by atoms with E-state index in [0.717, 1.165) is 12.1 Å². The second kappa shape index (κ2) is 10.6. The second-order valence-electron chi connectivity index (χ2n) is 8.12. The number of ketones is 1. The Labute approximate surface area is 209 Å². The zero-order valence-corrected chi connectivity index (χ0v) is 21.3. The predicted molar refractivity (Wildman–Crippen MR) is 134 cm³/mol. The summed E-state index contributed by atoms with van der Waals surface area (Å²) in [6.07, 6.45) is 1.55. The van der Waals surface area contributed by atoms with Gasteiger partial charge in [0.15, 0.2) is 11.5 Å². The molecule has 1 unspecified atom stereocenters. The van der Waals surface area contributed by atoms with Crippen LogP contribution in [0.1, 0.15) is 36.9 Å². The van der Waals surface area contributed by atoms with Gasteiger partial charge in [-0.1, -0.05) is 48.7 Å². The zero-order valence-electron chi connectivity index (χ0n) is 19.8. The van der Waals surface area contributed by atoms with Gasteiger partial charge in [0.2, 0.25) is 0 Å². The highest BCUT2D eigenvalue weighted by atomic mass is 35.5. The lowest BCUT2D eigenvalue weighted by molar-refractivity contribution is -0.139. The lowest BCUT2D eigenvalue weighted by Crippen LogP contribution is -2.30. The van der Waals surface area contributed by atoms with Crippen LogP contribution in [-0.4, -0.2) is 56.6 Å². The van der Waals surface area contributed by atoms with E-state index in [1.165, 1.54) is 25.2 Å². The number of ether oxygens (including phenoxy) is 2. The van der Waals surface area contributed by atoms with Gasteiger partial charge in [-0.2, -0.15) is 0 Å². The molecule has 1 saturated heterocycles. The van der Waals surface area contributed by atoms with Gasteiger partial charge in [0, 0.05) is 26.3 Å². The van der Waals surface area contributed by atoms with Crippen molar-refractivity contribution in [1.82, 2.24) is 4.90 Å². The number of benzene rings is 2. The number of rotatable bonds is 8. The molecule has 1 aliphatic rings. The highest BCUT2D eigenvalue weighted by molar-refractivity contribution is 6.47. The van der Waals surface area contributed by atoms with E-state index < -0.39 is 23.5 Å². The van der Waals surface area contributed by atoms with E-state index in [-0.39, 0.29) is 32.7 Å². The van der Waals surface area contributed by atoms with E-state index in [2.05, 4.69) is 0 Å². The molecule has 1 heterocycles. The third kappa shape index (κ3) is 4.55. The number of halogens is 2. The molecular weight excluding hydrogens is 479 g/mol. The Kier molecular flexibility index (Phi) is 8.00. The molecule has 0 aliphatic carbocycles. The van der Waals surface area contributed by atoms with Crippen LogP contribution >= 0.6 is 23.2 Å². The quantitative estimate of drug-likeness (QED) is 0.297. The van der Waals surface area contributed by atoms with Gasteiger partial charge in [-0.25, -0.2) is 0 Å². The number of amides is 1. The second-order valence-corrected chi connectivity index (χ2v) is 8.90. The number of Topliss-reactive ketones (excluding diaryl/α,β-unsaturated/α-hetero) is 1. The van der Waals surface area contributed by atoms with E-state index >= 15 is 0 Å². The van der Waals surface area contributed by atoms with Crippen molar-refractivity contribution >= 4 is 46.3 Å². The van der Waals surface area contributed by atoms with Crippen molar-refractivity contribution in [1.29, 1.82) is 0 Å². The fourth-order valence-corrected chi connectivity index (χ4v) is 4.72. The molecule has 182 valence electrons. The summed E-state index contributed by atoms with van der Waals surface area (Å²) in [5.41, 5.74) is 1.72. The molecule has 0 saturated carbocycles. The van der Waals surface area contributed by atoms with Crippen LogP contribution in [0.15, 0.2) is 35.9 Å². The lowest BCUT2D eigenvalue weighted by Gasteiger charge is -2.26. The van der Waals surface area contributed by atoms with Crippen molar-refractivity contribution in [3.63, 3.8) is 0 Å². The van der Waals surface area contributed by atoms with E-state index in [4.69, 9.17) is 32.7 Å². The standard InChI is InChI=1S/C25H28Cl2N2O5/c1-6-7-12-29-20(14-8-10-15(11-9-14)28(2)3)18(22(31)25(29)32)21(30)16-13-17(26)24(34-5)19(27)23(16)33-4/h8-11,13,20,30H,6-7,12H2,1-5H3/b21-18+. The van der Waals surface area contributed by atoms with Gasteiger partial charge in [0.1, 0.15) is 10.8 Å². The van der Waals surface area contributed by atoms with Crippen molar-refractivity contribution in [2.24, 2.45) is 0 Å². The average Bonchev–Trinajstić information content (AvgIpc) is 3.07. The van der Waals surface area contributed by atoms with E-state index in [0.29, 0.717) is 18.5 Å². The first-order chi connectivity index (χ1) is 16.2. The molecule has 1 amide bonds. The normalized spacial score (nSPS) is 17.3. The number of anilines is 1. The number of methoxy groups -OCH3 is 2. The number of hydrogen-bond donors (Lipinski definition) is 1. The van der Waals surface area contributed by atoms with Gasteiger partial charge in [-0.15, -0.1) is 0 Å². The Morgan fingerprint density at radius 3 is 2.24 bits per heavy atom. The molecule has 0 spiro atoms. The maximum Gasteiger partial charge on any atom is 0.295 e. The molecule has 34 heavy (non-hydrogen) atoms. The van der Waals surface area contributed by atoms with Gasteiger partial charge >= 0.3 is 0 Å². The Balaban J connectivity index is 2.26. The molecule has 1 aliphatic heterocycles. The van der Waals surface area contributed by atoms with Crippen molar-refractivity contribution in [2.75, 3.05) is 39.8 Å². The number of hydrogen-bond acceptors (Lipinski definition) is 6. The van der Waals surface area contributed by atoms with Crippen LogP contribution in [-0.2, 0) is 9.59 Å². The molecule has 1 N–H and O–H groups in total. The average molecular weight is 507 g/mol. The smallest absolute Gasteiger partial charge is 0.295 e. The first-order valence-electron chi connectivity index (χ1n) is 10.8. The van der Waals surface area contributed by atoms with Gasteiger partial charge in [-0.3, -0.25) is 9.59 Å². The van der Waals surface area contributed by atoms with E-state index in [9.17, 15) is 14.7 Å². The van der Waals surface area contributed by atoms with Crippen LogP contribution in [0.3, 0.4) is 0 Å². The Morgan fingerprint density at radius 2 is 1.71 bits per heavy atom. The molecule has 0 bridgehead atoms. The fourth-order valence-electron chi connectivity index (χ4n) is 4.03. The van der Waals surface area contributed by atoms with Gasteiger partial charge in [-0.05, 0) is 30.2 Å². The molecule has 9 heteroatoms. The molecule has 2 aromatic rings. The summed E-state index contributed by atoms with van der Waals surface area (Å²) >= 11 is 12.7. The van der Waals surface area contributed by atoms with Crippen LogP contribution < -0.4 is 14.4 Å². The van der Waals surface area contributed by atoms with Gasteiger partial charge < -0.3 is 24.4 Å². The Hall–Kier alpha value is -2.90. The van der Waals surface area contributed by atoms with Crippen LogP contribution in [0, 0.1) is 0 Å². The van der Waals surface area contributed by atoms with E-state index in [1.54, 1.807) is 0 Å². The number of aliphatic hydroxyl groups is 1. The summed E-state index contributed by atoms with van der Waals surface area (Å²) in [6.45, 7) is 2.38. The van der Waals surface area contributed by atoms with Crippen LogP contribution in [0.4, 0.5) is 5.69 Å². The van der Waals surface area contributed by atoms with Gasteiger partial charge in [0.05, 0.1) is 36.4 Å². The summed E-state index contributed by atoms with van der Waals surface area (Å²) < 4.78 is 10.6. The molecule has 7 nitrogen and oxygen atoms in total. The number of nitrogens with zero attached hydrogens (tertiary/aromatic N) is 2. The predicted octanol–water partition coefficient (Wildman–Crippen LogP) is 5.30. The summed E-state index contributed by atoms with van der Waals surface area (Å²) in [6, 6.07) is 8.14. The zero-order chi connectivity index (χ0) is 25.2. The first kappa shape index (κ1) is 25.7. The Morgan fingerprint density at radius 1 is 1.09 bits per heavy atom. The minimum absolute atomic E-state index is 0.0469. The van der Waals surface area contributed by atoms with Crippen molar-refractivity contribution in [3.05, 3.63) is 57.1 Å². The monoisotopic (exact) mass is 506 g/mol. The molecule has 2 aromatic carbocycles. The van der Waals surface area contributed by atoms with Crippen molar-refractivity contribution in [3.8, 4) is 11.5 Å². The summed E-state index contributed by atoms with van der Waals surface area (Å²) in [4.78, 5) is 29.7. The minimum Gasteiger partial charge on any atom is -0.507 e. The molecular formula is C25H28Cl2N2O5. The van der Waals surface area contributed by atoms with Gasteiger partial charge in [0.25, 0.3) is 11.7 Å². The highest BCUT2D eigenvalue weighted by Crippen LogP contribution is 2.47. The van der Waals surface area contributed by atoms with Crippen LogP contribution in [0.5, 0.6) is 11.5 Å². The third-order valence-corrected chi connectivity index (χ3v) is 6.44. The molecule has 1 atom stereocenters. The molecule has 3 rings (SSSR count). The number of carbonyl (C=O) groups is 2. The largest absolute Gasteiger partial charge is 0.507 e. The Bertz CT molecular complexity index is 1130. The minimum atomic E-state index is -0.777. The maximum atomic E-state index is 13.2. The summed E-state index contributed by atoms with van der Waals surface area (Å²) in [7, 11) is 6.63. The number of aliphatic hydroxyl groups excluding tert-OH is 1. The lowest BCUT2D eigenvalue weighted by atomic mass is 9.94. The number of likely N-dealkylation sites (tertiary alicyclic amines) is 1. The van der Waals surface area contributed by atoms with Crippen molar-refractivity contribution in [2.45, 2.75) is 25.8 Å². The number of carbonyl (C=O) groups excluding carboxylic acids is 2. The molecule has 0 radical (unpaired) electrons. The van der Waals surface area contributed by atoms with Crippen LogP contribution in [0.25, 0.3) is 5.76 Å². The highest BCUT2D eigenvalue weighted by Gasteiger charge is 2.46. The van der Waals surface area contributed by atoms with Crippen molar-refractivity contribution < 1.29 is 24.2 Å². The number of unbranched alkanes of at least 4 members (excludes halogenated alkanes) is 1. The first-order valence-corrected chi connectivity index (χ1v) is 11.6. The SMILES string of the molecule is CCCCN1C(=O)C(=O)/C(=C(/O)c2cc(Cl)c(OC)c(Cl)c2OC)C1c1ccc(N(C)C)cc1. The summed E-state index contributed by atoms with van der Waals surface area (Å²) in [5.74, 6) is -1.60. The maximum absolute atomic E-state index is 13.2. The van der Waals surface area contributed by atoms with Crippen LogP contribution in [0.2, 0.25) is 10.0 Å². The topological polar surface area (TPSA) is 79.3 Å². The molecule has 0 aromatic heterocycles. The van der Waals surface area contributed by atoms with E-state index in [1.807, 2.05) is 50.2 Å². The molecule has 1 fully saturated rings.